The molecule has 0 amide bonds. The zero-order chi connectivity index (χ0) is 12.3. The van der Waals surface area contributed by atoms with Crippen molar-refractivity contribution in [2.45, 2.75) is 13.0 Å². The van der Waals surface area contributed by atoms with Gasteiger partial charge < -0.3 is 5.32 Å². The van der Waals surface area contributed by atoms with Crippen LogP contribution in [0.15, 0.2) is 36.8 Å². The maximum atomic E-state index is 13.2. The van der Waals surface area contributed by atoms with Crippen LogP contribution in [0.2, 0.25) is 5.02 Å². The van der Waals surface area contributed by atoms with Crippen LogP contribution in [0.3, 0.4) is 0 Å². The third-order valence-corrected chi connectivity index (χ3v) is 2.64. The summed E-state index contributed by atoms with van der Waals surface area (Å²) in [4.78, 5) is 8.15. The van der Waals surface area contributed by atoms with Crippen molar-refractivity contribution in [1.29, 1.82) is 0 Å². The van der Waals surface area contributed by atoms with E-state index in [1.165, 1.54) is 12.1 Å². The summed E-state index contributed by atoms with van der Waals surface area (Å²) in [7, 11) is 0. The van der Waals surface area contributed by atoms with Crippen molar-refractivity contribution in [3.05, 3.63) is 53.3 Å². The Bertz CT molecular complexity index is 504. The lowest BCUT2D eigenvalue weighted by Gasteiger charge is -2.14. The van der Waals surface area contributed by atoms with E-state index in [0.717, 1.165) is 5.69 Å². The molecule has 1 N–H and O–H groups in total. The molecule has 0 radical (unpaired) electrons. The highest BCUT2D eigenvalue weighted by atomic mass is 35.5. The number of hydrogen-bond donors (Lipinski definition) is 1. The lowest BCUT2D eigenvalue weighted by Crippen LogP contribution is -2.08. The van der Waals surface area contributed by atoms with E-state index >= 15 is 0 Å². The lowest BCUT2D eigenvalue weighted by molar-refractivity contribution is 0.628. The number of rotatable bonds is 3. The van der Waals surface area contributed by atoms with Crippen LogP contribution in [0.5, 0.6) is 0 Å². The number of nitrogens with one attached hydrogen (secondary N) is 1. The molecule has 88 valence electrons. The Morgan fingerprint density at radius 3 is 2.82 bits per heavy atom. The van der Waals surface area contributed by atoms with Crippen LogP contribution >= 0.6 is 11.6 Å². The quantitative estimate of drug-likeness (QED) is 0.908. The van der Waals surface area contributed by atoms with Gasteiger partial charge in [0.05, 0.1) is 23.0 Å². The fraction of sp³-hybridized carbons (Fsp3) is 0.167. The molecule has 0 fully saturated rings. The Hall–Kier alpha value is -1.68. The topological polar surface area (TPSA) is 37.8 Å². The minimum absolute atomic E-state index is 0.0516. The average molecular weight is 252 g/mol. The van der Waals surface area contributed by atoms with E-state index in [4.69, 9.17) is 11.6 Å². The molecular weight excluding hydrogens is 241 g/mol. The first-order valence-electron chi connectivity index (χ1n) is 5.14. The Morgan fingerprint density at radius 2 is 2.18 bits per heavy atom. The van der Waals surface area contributed by atoms with Gasteiger partial charge in [-0.3, -0.25) is 9.97 Å². The van der Waals surface area contributed by atoms with Crippen molar-refractivity contribution >= 4 is 17.3 Å². The van der Waals surface area contributed by atoms with Crippen LogP contribution in [0.1, 0.15) is 18.7 Å². The Balaban J connectivity index is 2.13. The summed E-state index contributed by atoms with van der Waals surface area (Å²) in [6, 6.07) is 4.54. The van der Waals surface area contributed by atoms with Gasteiger partial charge in [0.15, 0.2) is 0 Å². The summed E-state index contributed by atoms with van der Waals surface area (Å²) in [5.41, 5.74) is 1.45. The summed E-state index contributed by atoms with van der Waals surface area (Å²) < 4.78 is 13.2. The minimum Gasteiger partial charge on any atom is -0.377 e. The molecule has 2 aromatic rings. The first kappa shape index (κ1) is 11.8. The fourth-order valence-electron chi connectivity index (χ4n) is 1.44. The normalized spacial score (nSPS) is 12.2. The SMILES string of the molecule is CC(Nc1ccc(Cl)c(F)c1)c1cnccn1. The highest BCUT2D eigenvalue weighted by Crippen LogP contribution is 2.22. The van der Waals surface area contributed by atoms with Gasteiger partial charge in [0.25, 0.3) is 0 Å². The zero-order valence-corrected chi connectivity index (χ0v) is 9.95. The Morgan fingerprint density at radius 1 is 1.35 bits per heavy atom. The number of nitrogens with zero attached hydrogens (tertiary/aromatic N) is 2. The molecule has 0 saturated carbocycles. The molecule has 0 spiro atoms. The summed E-state index contributed by atoms with van der Waals surface area (Å²) in [6.45, 7) is 1.93. The molecular formula is C12H11ClFN3. The van der Waals surface area contributed by atoms with Crippen molar-refractivity contribution in [2.75, 3.05) is 5.32 Å². The third kappa shape index (κ3) is 2.91. The highest BCUT2D eigenvalue weighted by molar-refractivity contribution is 6.30. The van der Waals surface area contributed by atoms with Gasteiger partial charge in [-0.2, -0.15) is 0 Å². The molecule has 5 heteroatoms. The van der Waals surface area contributed by atoms with Gasteiger partial charge >= 0.3 is 0 Å². The molecule has 0 aliphatic heterocycles. The summed E-state index contributed by atoms with van der Waals surface area (Å²) in [6.07, 6.45) is 4.90. The highest BCUT2D eigenvalue weighted by Gasteiger charge is 2.08. The van der Waals surface area contributed by atoms with Crippen molar-refractivity contribution in [2.24, 2.45) is 0 Å². The number of benzene rings is 1. The third-order valence-electron chi connectivity index (χ3n) is 2.33. The smallest absolute Gasteiger partial charge is 0.143 e. The molecule has 1 unspecified atom stereocenters. The molecule has 1 aromatic carbocycles. The van der Waals surface area contributed by atoms with E-state index in [1.807, 2.05) is 6.92 Å². The van der Waals surface area contributed by atoms with Crippen LogP contribution in [0.25, 0.3) is 0 Å². The van der Waals surface area contributed by atoms with Gasteiger partial charge in [0.2, 0.25) is 0 Å². The molecule has 1 atom stereocenters. The second kappa shape index (κ2) is 5.10. The standard InChI is InChI=1S/C12H11ClFN3/c1-8(12-7-15-4-5-16-12)17-9-2-3-10(13)11(14)6-9/h2-8,17H,1H3. The van der Waals surface area contributed by atoms with Crippen LogP contribution < -0.4 is 5.32 Å². The largest absolute Gasteiger partial charge is 0.377 e. The van der Waals surface area contributed by atoms with Crippen LogP contribution in [0, 0.1) is 5.82 Å². The van der Waals surface area contributed by atoms with Crippen LogP contribution in [-0.2, 0) is 0 Å². The van der Waals surface area contributed by atoms with Crippen molar-refractivity contribution in [3.8, 4) is 0 Å². The van der Waals surface area contributed by atoms with Gasteiger partial charge in [-0.05, 0) is 25.1 Å². The van der Waals surface area contributed by atoms with E-state index in [0.29, 0.717) is 5.69 Å². The van der Waals surface area contributed by atoms with Crippen LogP contribution in [0.4, 0.5) is 10.1 Å². The minimum atomic E-state index is -0.442. The number of halogens is 2. The van der Waals surface area contributed by atoms with E-state index < -0.39 is 5.82 Å². The molecule has 17 heavy (non-hydrogen) atoms. The van der Waals surface area contributed by atoms with Crippen LogP contribution in [-0.4, -0.2) is 9.97 Å². The summed E-state index contributed by atoms with van der Waals surface area (Å²) >= 11 is 5.61. The van der Waals surface area contributed by atoms with Crippen molar-refractivity contribution < 1.29 is 4.39 Å². The van der Waals surface area contributed by atoms with Crippen molar-refractivity contribution in [3.63, 3.8) is 0 Å². The lowest BCUT2D eigenvalue weighted by atomic mass is 10.2. The zero-order valence-electron chi connectivity index (χ0n) is 9.19. The molecule has 1 aromatic heterocycles. The fourth-order valence-corrected chi connectivity index (χ4v) is 1.56. The first-order valence-corrected chi connectivity index (χ1v) is 5.52. The van der Waals surface area contributed by atoms with E-state index in [2.05, 4.69) is 15.3 Å². The van der Waals surface area contributed by atoms with Gasteiger partial charge in [0.1, 0.15) is 5.82 Å². The van der Waals surface area contributed by atoms with E-state index in [9.17, 15) is 4.39 Å². The maximum Gasteiger partial charge on any atom is 0.143 e. The monoisotopic (exact) mass is 251 g/mol. The molecule has 3 nitrogen and oxygen atoms in total. The molecule has 0 bridgehead atoms. The second-order valence-electron chi connectivity index (χ2n) is 3.63. The van der Waals surface area contributed by atoms with Gasteiger partial charge in [0, 0.05) is 18.1 Å². The van der Waals surface area contributed by atoms with Gasteiger partial charge in [-0.1, -0.05) is 11.6 Å². The molecule has 0 aliphatic rings. The second-order valence-corrected chi connectivity index (χ2v) is 4.03. The number of anilines is 1. The number of hydrogen-bond acceptors (Lipinski definition) is 3. The van der Waals surface area contributed by atoms with E-state index in [1.54, 1.807) is 24.7 Å². The van der Waals surface area contributed by atoms with Gasteiger partial charge in [-0.15, -0.1) is 0 Å². The molecule has 2 rings (SSSR count). The Kier molecular flexibility index (Phi) is 3.54. The van der Waals surface area contributed by atoms with E-state index in [-0.39, 0.29) is 11.1 Å². The number of aromatic nitrogens is 2. The Labute approximate surface area is 104 Å². The summed E-state index contributed by atoms with van der Waals surface area (Å²) in [5, 5.41) is 3.24. The predicted octanol–water partition coefficient (Wildman–Crippen LogP) is 3.44. The van der Waals surface area contributed by atoms with Gasteiger partial charge in [-0.25, -0.2) is 4.39 Å². The molecule has 0 saturated heterocycles. The molecule has 0 aliphatic carbocycles. The molecule has 1 heterocycles. The maximum absolute atomic E-state index is 13.2. The average Bonchev–Trinajstić information content (AvgIpc) is 2.35. The predicted molar refractivity (Wildman–Crippen MR) is 65.5 cm³/mol. The van der Waals surface area contributed by atoms with Crippen molar-refractivity contribution in [1.82, 2.24) is 9.97 Å². The summed E-state index contributed by atoms with van der Waals surface area (Å²) in [5.74, 6) is -0.442. The first-order chi connectivity index (χ1) is 8.16.